The van der Waals surface area contributed by atoms with Crippen LogP contribution in [-0.2, 0) is 8.87 Å². The molecule has 15 heavy (non-hydrogen) atoms. The first-order valence-corrected chi connectivity index (χ1v) is 7.71. The van der Waals surface area contributed by atoms with E-state index in [1.165, 1.54) is 0 Å². The minimum Gasteiger partial charge on any atom is -0.330 e. The number of hydrogen-bond donors (Lipinski definition) is 1. The molecule has 0 heterocycles. The van der Waals surface area contributed by atoms with Gasteiger partial charge in [0.15, 0.2) is 0 Å². The van der Waals surface area contributed by atoms with Gasteiger partial charge in [-0.15, -0.1) is 0 Å². The van der Waals surface area contributed by atoms with Gasteiger partial charge in [-0.25, -0.2) is 8.42 Å². The quantitative estimate of drug-likeness (QED) is 0.634. The molecule has 0 bridgehead atoms. The molecule has 1 aromatic carbocycles. The molecule has 2 N–H and O–H groups in total. The molecule has 0 aromatic heterocycles. The zero-order valence-corrected chi connectivity index (χ0v) is 10.3. The van der Waals surface area contributed by atoms with Crippen LogP contribution in [0.1, 0.15) is 12.0 Å². The molecule has 0 aliphatic heterocycles. The highest BCUT2D eigenvalue weighted by Gasteiger charge is 2.13. The van der Waals surface area contributed by atoms with Crippen LogP contribution in [0.2, 0.25) is 0 Å². The summed E-state index contributed by atoms with van der Waals surface area (Å²) in [5.41, 5.74) is 6.36. The Morgan fingerprint density at radius 3 is 2.40 bits per heavy atom. The summed E-state index contributed by atoms with van der Waals surface area (Å²) in [7, 11) is -2.23. The molecule has 0 radical (unpaired) electrons. The topological polar surface area (TPSA) is 60.2 Å². The lowest BCUT2D eigenvalue weighted by atomic mass is 10.2. The van der Waals surface area contributed by atoms with Crippen LogP contribution in [0, 0.1) is 6.92 Å². The largest absolute Gasteiger partial charge is 0.330 e. The normalized spacial score (nSPS) is 11.6. The minimum absolute atomic E-state index is 0.370. The van der Waals surface area contributed by atoms with Crippen molar-refractivity contribution >= 4 is 19.7 Å². The van der Waals surface area contributed by atoms with Crippen LogP contribution < -0.4 is 5.73 Å². The molecule has 1 rings (SSSR count). The monoisotopic (exact) mass is 245 g/mol. The maximum absolute atomic E-state index is 11.7. The third-order valence-corrected chi connectivity index (χ3v) is 5.52. The van der Waals surface area contributed by atoms with Crippen molar-refractivity contribution in [1.82, 2.24) is 0 Å². The third-order valence-electron chi connectivity index (χ3n) is 1.90. The van der Waals surface area contributed by atoms with E-state index in [4.69, 9.17) is 5.73 Å². The number of aryl methyl sites for hydroxylation is 1. The van der Waals surface area contributed by atoms with Crippen LogP contribution in [0.4, 0.5) is 0 Å². The van der Waals surface area contributed by atoms with Crippen LogP contribution in [0.15, 0.2) is 29.2 Å². The summed E-state index contributed by atoms with van der Waals surface area (Å²) in [6.07, 6.45) is 0.718. The summed E-state index contributed by atoms with van der Waals surface area (Å²) in [4.78, 5) is 0.370. The van der Waals surface area contributed by atoms with Gasteiger partial charge in [-0.1, -0.05) is 17.7 Å². The molecule has 0 unspecified atom stereocenters. The van der Waals surface area contributed by atoms with Gasteiger partial charge < -0.3 is 5.73 Å². The molecule has 0 saturated carbocycles. The Kier molecular flexibility index (Phi) is 4.63. The average molecular weight is 245 g/mol. The molecule has 3 nitrogen and oxygen atoms in total. The second kappa shape index (κ2) is 5.53. The van der Waals surface area contributed by atoms with E-state index in [9.17, 15) is 8.42 Å². The predicted molar refractivity (Wildman–Crippen MR) is 64.5 cm³/mol. The molecule has 5 heteroatoms. The van der Waals surface area contributed by atoms with Gasteiger partial charge in [-0.3, -0.25) is 0 Å². The molecule has 0 fully saturated rings. The van der Waals surface area contributed by atoms with Gasteiger partial charge in [0.1, 0.15) is 0 Å². The number of benzene rings is 1. The van der Waals surface area contributed by atoms with Crippen LogP contribution in [0.25, 0.3) is 0 Å². The summed E-state index contributed by atoms with van der Waals surface area (Å²) in [5, 5.41) is 0. The predicted octanol–water partition coefficient (Wildman–Crippen LogP) is 1.77. The van der Waals surface area contributed by atoms with E-state index >= 15 is 0 Å². The van der Waals surface area contributed by atoms with Gasteiger partial charge in [0, 0.05) is 5.75 Å². The lowest BCUT2D eigenvalue weighted by molar-refractivity contribution is 0.610. The molecule has 0 amide bonds. The Morgan fingerprint density at radius 1 is 1.27 bits per heavy atom. The highest BCUT2D eigenvalue weighted by Crippen LogP contribution is 2.23. The fourth-order valence-corrected chi connectivity index (χ4v) is 3.89. The maximum atomic E-state index is 11.7. The SMILES string of the molecule is Cc1ccc(S(=O)(=O)SCCCN)cc1. The van der Waals surface area contributed by atoms with E-state index in [1.807, 2.05) is 6.92 Å². The third kappa shape index (κ3) is 3.85. The van der Waals surface area contributed by atoms with Crippen molar-refractivity contribution in [2.45, 2.75) is 18.2 Å². The lowest BCUT2D eigenvalue weighted by Crippen LogP contribution is -2.02. The molecule has 0 atom stereocenters. The van der Waals surface area contributed by atoms with E-state index in [-0.39, 0.29) is 0 Å². The molecule has 0 saturated heterocycles. The second-order valence-corrected chi connectivity index (χ2v) is 7.28. The van der Waals surface area contributed by atoms with Crippen LogP contribution in [0.3, 0.4) is 0 Å². The average Bonchev–Trinajstić information content (AvgIpc) is 2.18. The van der Waals surface area contributed by atoms with Crippen molar-refractivity contribution in [3.05, 3.63) is 29.8 Å². The van der Waals surface area contributed by atoms with E-state index in [1.54, 1.807) is 24.3 Å². The minimum atomic E-state index is -3.19. The van der Waals surface area contributed by atoms with E-state index in [0.717, 1.165) is 22.8 Å². The molecule has 0 aliphatic rings. The maximum Gasteiger partial charge on any atom is 0.229 e. The van der Waals surface area contributed by atoms with Crippen LogP contribution in [-0.4, -0.2) is 20.7 Å². The van der Waals surface area contributed by atoms with Gasteiger partial charge >= 0.3 is 0 Å². The van der Waals surface area contributed by atoms with Gasteiger partial charge in [-0.05, 0) is 42.8 Å². The Labute approximate surface area is 94.4 Å². The summed E-state index contributed by atoms with van der Waals surface area (Å²) in [5.74, 6) is 0.548. The van der Waals surface area contributed by atoms with Gasteiger partial charge in [0.2, 0.25) is 8.87 Å². The lowest BCUT2D eigenvalue weighted by Gasteiger charge is -2.03. The second-order valence-electron chi connectivity index (χ2n) is 3.23. The first-order chi connectivity index (χ1) is 7.06. The van der Waals surface area contributed by atoms with Crippen LogP contribution >= 0.6 is 10.8 Å². The van der Waals surface area contributed by atoms with Crippen LogP contribution in [0.5, 0.6) is 0 Å². The standard InChI is InChI=1S/C10H15NO2S2/c1-9-3-5-10(6-4-9)15(12,13)14-8-2-7-11/h3-6H,2,7-8,11H2,1H3. The molecular formula is C10H15NO2S2. The Balaban J connectivity index is 2.73. The highest BCUT2D eigenvalue weighted by atomic mass is 33.1. The van der Waals surface area contributed by atoms with Crippen molar-refractivity contribution in [2.75, 3.05) is 12.3 Å². The Morgan fingerprint density at radius 2 is 1.87 bits per heavy atom. The smallest absolute Gasteiger partial charge is 0.229 e. The van der Waals surface area contributed by atoms with Crippen molar-refractivity contribution in [3.8, 4) is 0 Å². The number of hydrogen-bond acceptors (Lipinski definition) is 4. The van der Waals surface area contributed by atoms with Crippen molar-refractivity contribution < 1.29 is 8.42 Å². The summed E-state index contributed by atoms with van der Waals surface area (Å²) in [6, 6.07) is 6.88. The van der Waals surface area contributed by atoms with Gasteiger partial charge in [-0.2, -0.15) is 0 Å². The van der Waals surface area contributed by atoms with Crippen molar-refractivity contribution in [3.63, 3.8) is 0 Å². The van der Waals surface area contributed by atoms with E-state index < -0.39 is 8.87 Å². The van der Waals surface area contributed by atoms with Crippen molar-refractivity contribution in [2.24, 2.45) is 5.73 Å². The Hall–Kier alpha value is -0.520. The zero-order valence-electron chi connectivity index (χ0n) is 8.64. The van der Waals surface area contributed by atoms with Gasteiger partial charge in [0.25, 0.3) is 0 Å². The molecular weight excluding hydrogens is 230 g/mol. The summed E-state index contributed by atoms with van der Waals surface area (Å²) >= 11 is 0. The van der Waals surface area contributed by atoms with Crippen molar-refractivity contribution in [1.29, 1.82) is 0 Å². The number of nitrogens with two attached hydrogens (primary N) is 1. The zero-order chi connectivity index (χ0) is 11.3. The molecule has 1 aromatic rings. The summed E-state index contributed by atoms with van der Waals surface area (Å²) < 4.78 is 23.5. The fourth-order valence-electron chi connectivity index (χ4n) is 1.02. The number of rotatable bonds is 5. The highest BCUT2D eigenvalue weighted by molar-refractivity contribution is 8.72. The van der Waals surface area contributed by atoms with E-state index in [0.29, 0.717) is 17.2 Å². The molecule has 84 valence electrons. The molecule has 0 aliphatic carbocycles. The molecule has 0 spiro atoms. The first-order valence-electron chi connectivity index (χ1n) is 4.72. The van der Waals surface area contributed by atoms with E-state index in [2.05, 4.69) is 0 Å². The fraction of sp³-hybridized carbons (Fsp3) is 0.400. The summed E-state index contributed by atoms with van der Waals surface area (Å²) in [6.45, 7) is 2.45. The van der Waals surface area contributed by atoms with Gasteiger partial charge in [0.05, 0.1) is 4.90 Å². The Bertz CT molecular complexity index is 398. The first kappa shape index (κ1) is 12.5.